The van der Waals surface area contributed by atoms with Crippen LogP contribution >= 0.6 is 11.6 Å². The van der Waals surface area contributed by atoms with Crippen molar-refractivity contribution in [2.45, 2.75) is 13.3 Å². The van der Waals surface area contributed by atoms with Crippen molar-refractivity contribution in [2.75, 3.05) is 0 Å². The number of hydrogen-bond acceptors (Lipinski definition) is 2. The molecule has 0 aliphatic carbocycles. The van der Waals surface area contributed by atoms with Gasteiger partial charge in [0.2, 0.25) is 0 Å². The fourth-order valence-electron chi connectivity index (χ4n) is 0.917. The molecule has 11 heavy (non-hydrogen) atoms. The summed E-state index contributed by atoms with van der Waals surface area (Å²) in [5.74, 6) is 0. The van der Waals surface area contributed by atoms with Gasteiger partial charge < -0.3 is 0 Å². The van der Waals surface area contributed by atoms with Crippen molar-refractivity contribution >= 4 is 11.6 Å². The molecule has 1 aromatic rings. The van der Waals surface area contributed by atoms with E-state index in [4.69, 9.17) is 16.9 Å². The molecule has 0 fully saturated rings. The van der Waals surface area contributed by atoms with Crippen molar-refractivity contribution in [3.63, 3.8) is 0 Å². The molecule has 0 spiro atoms. The number of nitriles is 1. The van der Waals surface area contributed by atoms with Gasteiger partial charge in [-0.3, -0.25) is 4.98 Å². The van der Waals surface area contributed by atoms with E-state index in [9.17, 15) is 0 Å². The summed E-state index contributed by atoms with van der Waals surface area (Å²) in [6.07, 6.45) is 3.86. The lowest BCUT2D eigenvalue weighted by Crippen LogP contribution is -1.89. The van der Waals surface area contributed by atoms with Crippen LogP contribution in [-0.4, -0.2) is 4.98 Å². The lowest BCUT2D eigenvalue weighted by atomic mass is 10.1. The predicted octanol–water partition coefficient (Wildman–Crippen LogP) is 2.17. The molecule has 0 aliphatic rings. The summed E-state index contributed by atoms with van der Waals surface area (Å²) >= 11 is 5.79. The van der Waals surface area contributed by atoms with Crippen molar-refractivity contribution in [1.29, 1.82) is 5.26 Å². The van der Waals surface area contributed by atoms with Crippen molar-refractivity contribution in [3.05, 3.63) is 28.5 Å². The fraction of sp³-hybridized carbons (Fsp3) is 0.250. The van der Waals surface area contributed by atoms with Gasteiger partial charge in [0.1, 0.15) is 6.07 Å². The summed E-state index contributed by atoms with van der Waals surface area (Å²) in [5, 5.41) is 9.20. The molecule has 1 heterocycles. The lowest BCUT2D eigenvalue weighted by molar-refractivity contribution is 1.10. The zero-order valence-electron chi connectivity index (χ0n) is 6.13. The third-order valence-corrected chi connectivity index (χ3v) is 1.80. The van der Waals surface area contributed by atoms with Crippen LogP contribution in [-0.2, 0) is 6.42 Å². The number of aromatic nitrogens is 1. The third-order valence-electron chi connectivity index (χ3n) is 1.48. The van der Waals surface area contributed by atoms with Crippen LogP contribution in [0.3, 0.4) is 0 Å². The van der Waals surface area contributed by atoms with E-state index < -0.39 is 0 Å². The second-order valence-electron chi connectivity index (χ2n) is 2.11. The third kappa shape index (κ3) is 1.50. The molecule has 0 unspecified atom stereocenters. The van der Waals surface area contributed by atoms with Gasteiger partial charge in [0, 0.05) is 12.4 Å². The van der Waals surface area contributed by atoms with Gasteiger partial charge in [0.25, 0.3) is 0 Å². The molecule has 2 nitrogen and oxygen atoms in total. The first-order chi connectivity index (χ1) is 5.29. The first kappa shape index (κ1) is 8.03. The maximum Gasteiger partial charge on any atom is 0.101 e. The van der Waals surface area contributed by atoms with E-state index in [-0.39, 0.29) is 0 Å². The maximum atomic E-state index is 8.63. The topological polar surface area (TPSA) is 36.7 Å². The SMILES string of the molecule is CCc1c(Cl)cncc1C#N. The average molecular weight is 167 g/mol. The molecule has 0 aromatic carbocycles. The van der Waals surface area contributed by atoms with Gasteiger partial charge in [0.15, 0.2) is 0 Å². The van der Waals surface area contributed by atoms with E-state index in [1.165, 1.54) is 6.20 Å². The summed E-state index contributed by atoms with van der Waals surface area (Å²) < 4.78 is 0. The Morgan fingerprint density at radius 3 is 2.82 bits per heavy atom. The Morgan fingerprint density at radius 1 is 1.64 bits per heavy atom. The van der Waals surface area contributed by atoms with E-state index in [1.54, 1.807) is 6.20 Å². The highest BCUT2D eigenvalue weighted by atomic mass is 35.5. The van der Waals surface area contributed by atoms with Crippen LogP contribution in [0.5, 0.6) is 0 Å². The van der Waals surface area contributed by atoms with Crippen LogP contribution in [0.15, 0.2) is 12.4 Å². The number of hydrogen-bond donors (Lipinski definition) is 0. The van der Waals surface area contributed by atoms with Crippen LogP contribution in [0.2, 0.25) is 5.02 Å². The zero-order valence-corrected chi connectivity index (χ0v) is 6.89. The zero-order chi connectivity index (χ0) is 8.27. The quantitative estimate of drug-likeness (QED) is 0.641. The van der Waals surface area contributed by atoms with Crippen molar-refractivity contribution in [2.24, 2.45) is 0 Å². The van der Waals surface area contributed by atoms with E-state index in [1.807, 2.05) is 13.0 Å². The smallest absolute Gasteiger partial charge is 0.101 e. The highest BCUT2D eigenvalue weighted by Crippen LogP contribution is 2.17. The second kappa shape index (κ2) is 3.36. The van der Waals surface area contributed by atoms with Crippen molar-refractivity contribution < 1.29 is 0 Å². The molecular formula is C8H7ClN2. The number of pyridine rings is 1. The van der Waals surface area contributed by atoms with Crippen LogP contribution in [0, 0.1) is 11.3 Å². The second-order valence-corrected chi connectivity index (χ2v) is 2.52. The minimum Gasteiger partial charge on any atom is -0.262 e. The summed E-state index contributed by atoms with van der Waals surface area (Å²) in [7, 11) is 0. The molecule has 0 bridgehead atoms. The normalized spacial score (nSPS) is 9.18. The molecule has 0 aliphatic heterocycles. The molecule has 0 atom stereocenters. The van der Waals surface area contributed by atoms with Crippen LogP contribution in [0.1, 0.15) is 18.1 Å². The minimum absolute atomic E-state index is 0.569. The van der Waals surface area contributed by atoms with Gasteiger partial charge >= 0.3 is 0 Å². The molecule has 3 heteroatoms. The van der Waals surface area contributed by atoms with Crippen LogP contribution in [0.25, 0.3) is 0 Å². The first-order valence-corrected chi connectivity index (χ1v) is 3.69. The van der Waals surface area contributed by atoms with Gasteiger partial charge in [-0.15, -0.1) is 0 Å². The minimum atomic E-state index is 0.569. The Bertz CT molecular complexity index is 301. The first-order valence-electron chi connectivity index (χ1n) is 3.32. The maximum absolute atomic E-state index is 8.63. The van der Waals surface area contributed by atoms with Gasteiger partial charge in [-0.1, -0.05) is 18.5 Å². The average Bonchev–Trinajstić information content (AvgIpc) is 2.04. The summed E-state index contributed by atoms with van der Waals surface area (Å²) in [6.45, 7) is 1.96. The molecule has 56 valence electrons. The Morgan fingerprint density at radius 2 is 2.36 bits per heavy atom. The largest absolute Gasteiger partial charge is 0.262 e. The highest BCUT2D eigenvalue weighted by molar-refractivity contribution is 6.31. The monoisotopic (exact) mass is 166 g/mol. The molecular weight excluding hydrogens is 160 g/mol. The van der Waals surface area contributed by atoms with Gasteiger partial charge in [-0.2, -0.15) is 5.26 Å². The fourth-order valence-corrected chi connectivity index (χ4v) is 1.21. The molecule has 1 aromatic heterocycles. The van der Waals surface area contributed by atoms with Gasteiger partial charge in [-0.05, 0) is 12.0 Å². The van der Waals surface area contributed by atoms with E-state index in [2.05, 4.69) is 4.98 Å². The van der Waals surface area contributed by atoms with Crippen molar-refractivity contribution in [1.82, 2.24) is 4.98 Å². The van der Waals surface area contributed by atoms with Gasteiger partial charge in [-0.25, -0.2) is 0 Å². The standard InChI is InChI=1S/C8H7ClN2/c1-2-7-6(3-10)4-11-5-8(7)9/h4-5H,2H2,1H3. The summed E-state index contributed by atoms with van der Waals surface area (Å²) in [5.41, 5.74) is 1.45. The number of nitrogens with zero attached hydrogens (tertiary/aromatic N) is 2. The Labute approximate surface area is 70.4 Å². The van der Waals surface area contributed by atoms with E-state index in [0.29, 0.717) is 10.6 Å². The van der Waals surface area contributed by atoms with E-state index in [0.717, 1.165) is 12.0 Å². The predicted molar refractivity (Wildman–Crippen MR) is 43.3 cm³/mol. The van der Waals surface area contributed by atoms with Crippen LogP contribution in [0.4, 0.5) is 0 Å². The lowest BCUT2D eigenvalue weighted by Gasteiger charge is -2.00. The highest BCUT2D eigenvalue weighted by Gasteiger charge is 2.03. The van der Waals surface area contributed by atoms with Crippen LogP contribution < -0.4 is 0 Å². The Balaban J connectivity index is 3.27. The number of rotatable bonds is 1. The molecule has 0 N–H and O–H groups in total. The van der Waals surface area contributed by atoms with Crippen molar-refractivity contribution in [3.8, 4) is 6.07 Å². The van der Waals surface area contributed by atoms with Gasteiger partial charge in [0.05, 0.1) is 10.6 Å². The molecule has 0 amide bonds. The summed E-state index contributed by atoms with van der Waals surface area (Å²) in [6, 6.07) is 2.04. The molecule has 1 rings (SSSR count). The Kier molecular flexibility index (Phi) is 2.45. The summed E-state index contributed by atoms with van der Waals surface area (Å²) in [4.78, 5) is 3.81. The molecule has 0 saturated heterocycles. The Hall–Kier alpha value is -1.07. The molecule has 0 saturated carbocycles. The number of halogens is 1. The molecule has 0 radical (unpaired) electrons. The van der Waals surface area contributed by atoms with E-state index >= 15 is 0 Å².